The fraction of sp³-hybridized carbons (Fsp3) is 0.833. The predicted octanol–water partition coefficient (Wildman–Crippen LogP) is 0.134. The highest BCUT2D eigenvalue weighted by Gasteiger charge is 2.10. The van der Waals surface area contributed by atoms with Crippen LogP contribution in [0.5, 0.6) is 0 Å². The molecule has 0 heterocycles. The Morgan fingerprint density at radius 2 is 2.11 bits per heavy atom. The van der Waals surface area contributed by atoms with Crippen molar-refractivity contribution in [3.05, 3.63) is 0 Å². The van der Waals surface area contributed by atoms with Crippen LogP contribution in [0, 0.1) is 0 Å². The number of amides is 1. The minimum absolute atomic E-state index is 0.569. The molecule has 0 saturated heterocycles. The molecule has 1 N–H and O–H groups in total. The van der Waals surface area contributed by atoms with Crippen LogP contribution in [0.1, 0.15) is 13.3 Å². The zero-order chi connectivity index (χ0) is 7.33. The molecule has 1 amide bonds. The van der Waals surface area contributed by atoms with Crippen molar-refractivity contribution >= 4 is 6.41 Å². The van der Waals surface area contributed by atoms with Crippen molar-refractivity contribution in [3.63, 3.8) is 0 Å². The monoisotopic (exact) mass is 131 g/mol. The normalized spacial score (nSPS) is 11.0. The second-order valence-corrected chi connectivity index (χ2v) is 2.66. The summed E-state index contributed by atoms with van der Waals surface area (Å²) in [5, 5.41) is 0. The lowest BCUT2D eigenvalue weighted by molar-refractivity contribution is -0.924. The van der Waals surface area contributed by atoms with Gasteiger partial charge in [-0.2, -0.15) is 0 Å². The van der Waals surface area contributed by atoms with Gasteiger partial charge in [0, 0.05) is 0 Å². The molecule has 0 unspecified atom stereocenters. The lowest BCUT2D eigenvalue weighted by atomic mass is 10.4. The third kappa shape index (κ3) is 3.97. The van der Waals surface area contributed by atoms with E-state index >= 15 is 0 Å². The topological polar surface area (TPSA) is 29.1 Å². The molecule has 0 bridgehead atoms. The van der Waals surface area contributed by atoms with Gasteiger partial charge in [-0.25, -0.2) is 10.0 Å². The van der Waals surface area contributed by atoms with Crippen LogP contribution >= 0.6 is 0 Å². The summed E-state index contributed by atoms with van der Waals surface area (Å²) >= 11 is 0. The van der Waals surface area contributed by atoms with Crippen molar-refractivity contribution in [2.75, 3.05) is 20.6 Å². The maximum absolute atomic E-state index is 9.97. The molecule has 0 aliphatic heterocycles. The van der Waals surface area contributed by atoms with Crippen molar-refractivity contribution in [2.24, 2.45) is 0 Å². The van der Waals surface area contributed by atoms with Crippen molar-refractivity contribution in [3.8, 4) is 0 Å². The SMILES string of the molecule is CCC[N+](C)(C)NC=O. The Hall–Kier alpha value is -0.570. The fourth-order valence-electron chi connectivity index (χ4n) is 0.766. The Morgan fingerprint density at radius 3 is 2.44 bits per heavy atom. The van der Waals surface area contributed by atoms with Gasteiger partial charge in [0.15, 0.2) is 0 Å². The standard InChI is InChI=1S/C6H14N2O/c1-4-5-8(2,3)7-6-9/h6H,4-5H2,1-3H3/p+1. The van der Waals surface area contributed by atoms with Crippen molar-refractivity contribution < 1.29 is 9.39 Å². The number of hydrogen-bond acceptors (Lipinski definition) is 1. The van der Waals surface area contributed by atoms with E-state index in [1.807, 2.05) is 14.1 Å². The molecule has 0 atom stereocenters. The number of carbonyl (C=O) groups is 1. The Labute approximate surface area is 56.2 Å². The second kappa shape index (κ2) is 3.45. The van der Waals surface area contributed by atoms with Gasteiger partial charge in [-0.1, -0.05) is 6.92 Å². The van der Waals surface area contributed by atoms with Gasteiger partial charge in [0.2, 0.25) is 0 Å². The van der Waals surface area contributed by atoms with Gasteiger partial charge < -0.3 is 0 Å². The lowest BCUT2D eigenvalue weighted by Gasteiger charge is -2.25. The minimum atomic E-state index is 0.569. The van der Waals surface area contributed by atoms with Crippen molar-refractivity contribution in [1.82, 2.24) is 5.43 Å². The average Bonchev–Trinajstić information content (AvgIpc) is 1.64. The largest absolute Gasteiger partial charge is 0.274 e. The van der Waals surface area contributed by atoms with E-state index in [2.05, 4.69) is 12.3 Å². The molecule has 3 nitrogen and oxygen atoms in total. The van der Waals surface area contributed by atoms with Crippen LogP contribution in [-0.4, -0.2) is 31.6 Å². The zero-order valence-corrected chi connectivity index (χ0v) is 6.35. The fourth-order valence-corrected chi connectivity index (χ4v) is 0.766. The van der Waals surface area contributed by atoms with E-state index in [9.17, 15) is 4.79 Å². The Kier molecular flexibility index (Phi) is 3.24. The maximum atomic E-state index is 9.97. The Morgan fingerprint density at radius 1 is 1.56 bits per heavy atom. The van der Waals surface area contributed by atoms with Crippen LogP contribution in [0.3, 0.4) is 0 Å². The highest BCUT2D eigenvalue weighted by atomic mass is 16.1. The first kappa shape index (κ1) is 8.43. The first-order chi connectivity index (χ1) is 4.12. The molecule has 9 heavy (non-hydrogen) atoms. The van der Waals surface area contributed by atoms with Crippen LogP contribution < -0.4 is 5.43 Å². The predicted molar refractivity (Wildman–Crippen MR) is 36.5 cm³/mol. The molecule has 0 aliphatic rings. The van der Waals surface area contributed by atoms with E-state index in [1.54, 1.807) is 0 Å². The van der Waals surface area contributed by atoms with Crippen molar-refractivity contribution in [2.45, 2.75) is 13.3 Å². The molecule has 0 rings (SSSR count). The molecule has 0 aromatic carbocycles. The smallest absolute Gasteiger partial charge is 0.252 e. The number of nitrogens with zero attached hydrogens (tertiary/aromatic N) is 1. The van der Waals surface area contributed by atoms with E-state index < -0.39 is 0 Å². The zero-order valence-electron chi connectivity index (χ0n) is 6.35. The first-order valence-electron chi connectivity index (χ1n) is 3.17. The van der Waals surface area contributed by atoms with Crippen LogP contribution in [0.25, 0.3) is 0 Å². The number of hydrogen-bond donors (Lipinski definition) is 1. The molecular weight excluding hydrogens is 116 g/mol. The van der Waals surface area contributed by atoms with Gasteiger partial charge in [0.1, 0.15) is 6.54 Å². The summed E-state index contributed by atoms with van der Waals surface area (Å²) in [6.45, 7) is 3.06. The molecular formula is C6H15N2O+. The van der Waals surface area contributed by atoms with E-state index in [-0.39, 0.29) is 0 Å². The van der Waals surface area contributed by atoms with E-state index in [0.717, 1.165) is 19.4 Å². The molecule has 0 fully saturated rings. The van der Waals surface area contributed by atoms with Crippen molar-refractivity contribution in [1.29, 1.82) is 0 Å². The van der Waals surface area contributed by atoms with E-state index in [4.69, 9.17) is 0 Å². The van der Waals surface area contributed by atoms with Gasteiger partial charge >= 0.3 is 0 Å². The summed E-state index contributed by atoms with van der Waals surface area (Å²) in [5.74, 6) is 0. The highest BCUT2D eigenvalue weighted by Crippen LogP contribution is 1.90. The van der Waals surface area contributed by atoms with Gasteiger partial charge in [-0.05, 0) is 6.42 Å². The highest BCUT2D eigenvalue weighted by molar-refractivity contribution is 5.43. The van der Waals surface area contributed by atoms with Gasteiger partial charge in [0.05, 0.1) is 14.1 Å². The van der Waals surface area contributed by atoms with E-state index in [0.29, 0.717) is 4.59 Å². The lowest BCUT2D eigenvalue weighted by Crippen LogP contribution is -2.51. The quantitative estimate of drug-likeness (QED) is 0.328. The molecule has 3 heteroatoms. The van der Waals surface area contributed by atoms with Crippen LogP contribution in [-0.2, 0) is 4.79 Å². The van der Waals surface area contributed by atoms with E-state index in [1.165, 1.54) is 0 Å². The van der Waals surface area contributed by atoms with Crippen LogP contribution in [0.15, 0.2) is 0 Å². The molecule has 0 aromatic rings. The minimum Gasteiger partial charge on any atom is -0.274 e. The Balaban J connectivity index is 3.55. The molecule has 0 aliphatic carbocycles. The van der Waals surface area contributed by atoms with Gasteiger partial charge in [-0.15, -0.1) is 0 Å². The van der Waals surface area contributed by atoms with Crippen LogP contribution in [0.2, 0.25) is 0 Å². The van der Waals surface area contributed by atoms with Gasteiger partial charge in [0.25, 0.3) is 6.41 Å². The number of rotatable bonds is 4. The third-order valence-electron chi connectivity index (χ3n) is 1.18. The Bertz CT molecular complexity index is 91.1. The summed E-state index contributed by atoms with van der Waals surface area (Å²) in [6, 6.07) is 0. The molecule has 0 saturated carbocycles. The molecule has 0 radical (unpaired) electrons. The average molecular weight is 131 g/mol. The maximum Gasteiger partial charge on any atom is 0.252 e. The number of carbonyl (C=O) groups excluding carboxylic acids is 1. The van der Waals surface area contributed by atoms with Crippen LogP contribution in [0.4, 0.5) is 0 Å². The number of nitrogens with one attached hydrogen (secondary N) is 1. The number of quaternary nitrogens is 1. The first-order valence-corrected chi connectivity index (χ1v) is 3.17. The summed E-state index contributed by atoms with van der Waals surface area (Å²) in [6.07, 6.45) is 1.81. The molecule has 0 spiro atoms. The summed E-state index contributed by atoms with van der Waals surface area (Å²) in [7, 11) is 3.91. The second-order valence-electron chi connectivity index (χ2n) is 2.66. The van der Waals surface area contributed by atoms with Gasteiger partial charge in [-0.3, -0.25) is 4.79 Å². The molecule has 54 valence electrons. The molecule has 0 aromatic heterocycles. The summed E-state index contributed by atoms with van der Waals surface area (Å²) in [4.78, 5) is 9.97. The third-order valence-corrected chi connectivity index (χ3v) is 1.18. The summed E-state index contributed by atoms with van der Waals surface area (Å²) < 4.78 is 0.569. The summed E-state index contributed by atoms with van der Waals surface area (Å²) in [5.41, 5.74) is 2.68.